The minimum Gasteiger partial charge on any atom is -0.442 e. The Morgan fingerprint density at radius 2 is 1.88 bits per heavy atom. The predicted molar refractivity (Wildman–Crippen MR) is 132 cm³/mol. The van der Waals surface area contributed by atoms with Gasteiger partial charge < -0.3 is 15.0 Å². The molecule has 0 bridgehead atoms. The highest BCUT2D eigenvalue weighted by Crippen LogP contribution is 2.23. The number of carbonyl (C=O) groups is 2. The Balaban J connectivity index is 1.31. The van der Waals surface area contributed by atoms with Gasteiger partial charge in [-0.05, 0) is 55.2 Å². The van der Waals surface area contributed by atoms with Crippen LogP contribution in [-0.4, -0.2) is 55.0 Å². The Bertz CT molecular complexity index is 1040. The van der Waals surface area contributed by atoms with Gasteiger partial charge in [-0.25, -0.2) is 4.79 Å². The van der Waals surface area contributed by atoms with Crippen molar-refractivity contribution < 1.29 is 14.3 Å². The van der Waals surface area contributed by atoms with Crippen LogP contribution in [0.1, 0.15) is 35.2 Å². The van der Waals surface area contributed by atoms with Crippen LogP contribution >= 0.6 is 24.2 Å². The number of amides is 2. The van der Waals surface area contributed by atoms with Crippen molar-refractivity contribution >= 4 is 47.8 Å². The molecular formula is C24H27ClN4O3S. The molecule has 0 aromatic heterocycles. The van der Waals surface area contributed by atoms with Gasteiger partial charge in [-0.15, -0.1) is 12.6 Å². The van der Waals surface area contributed by atoms with Gasteiger partial charge >= 0.3 is 6.09 Å². The maximum absolute atomic E-state index is 12.5. The number of rotatable bonds is 6. The fourth-order valence-electron chi connectivity index (χ4n) is 4.09. The van der Waals surface area contributed by atoms with Crippen LogP contribution in [0.3, 0.4) is 0 Å². The molecule has 2 amide bonds. The number of carbonyl (C=O) groups excluding carboxylic acids is 2. The lowest BCUT2D eigenvalue weighted by atomic mass is 10.1. The van der Waals surface area contributed by atoms with Crippen LogP contribution in [-0.2, 0) is 11.2 Å². The number of hydrogen-bond acceptors (Lipinski definition) is 5. The summed E-state index contributed by atoms with van der Waals surface area (Å²) in [7, 11) is 0. The number of hydrogen-bond donors (Lipinski definition) is 3. The van der Waals surface area contributed by atoms with Gasteiger partial charge in [0.2, 0.25) is 0 Å². The van der Waals surface area contributed by atoms with E-state index >= 15 is 0 Å². The van der Waals surface area contributed by atoms with E-state index in [1.165, 1.54) is 6.42 Å². The summed E-state index contributed by atoms with van der Waals surface area (Å²) in [5, 5.41) is 11.6. The molecule has 2 saturated heterocycles. The van der Waals surface area contributed by atoms with Gasteiger partial charge in [0.15, 0.2) is 0 Å². The van der Waals surface area contributed by atoms with Gasteiger partial charge in [0.25, 0.3) is 5.91 Å². The van der Waals surface area contributed by atoms with Crippen LogP contribution in [0.2, 0.25) is 5.02 Å². The molecule has 0 aliphatic carbocycles. The van der Waals surface area contributed by atoms with E-state index in [4.69, 9.17) is 21.7 Å². The largest absolute Gasteiger partial charge is 0.442 e. The molecule has 0 radical (unpaired) electrons. The van der Waals surface area contributed by atoms with Gasteiger partial charge in [-0.1, -0.05) is 23.7 Å². The number of piperidine rings is 1. The lowest BCUT2D eigenvalue weighted by Crippen LogP contribution is -2.36. The molecule has 33 heavy (non-hydrogen) atoms. The normalized spacial score (nSPS) is 18.2. The van der Waals surface area contributed by atoms with Crippen molar-refractivity contribution in [3.05, 3.63) is 58.6 Å². The van der Waals surface area contributed by atoms with Crippen LogP contribution in [0.15, 0.2) is 47.4 Å². The Hall–Kier alpha value is -2.71. The van der Waals surface area contributed by atoms with Crippen molar-refractivity contribution in [3.63, 3.8) is 0 Å². The van der Waals surface area contributed by atoms with Crippen LogP contribution in [0.5, 0.6) is 0 Å². The molecule has 2 aromatic rings. The van der Waals surface area contributed by atoms with Crippen molar-refractivity contribution in [2.24, 2.45) is 0 Å². The number of benzene rings is 2. The van der Waals surface area contributed by atoms with E-state index in [9.17, 15) is 9.59 Å². The summed E-state index contributed by atoms with van der Waals surface area (Å²) in [5.41, 5.74) is 2.14. The van der Waals surface area contributed by atoms with E-state index < -0.39 is 12.2 Å². The highest BCUT2D eigenvalue weighted by Gasteiger charge is 2.32. The molecule has 2 aliphatic heterocycles. The minimum atomic E-state index is -0.462. The van der Waals surface area contributed by atoms with Crippen LogP contribution in [0, 0.1) is 5.41 Å². The van der Waals surface area contributed by atoms with E-state index in [0.29, 0.717) is 34.3 Å². The van der Waals surface area contributed by atoms with Crippen molar-refractivity contribution in [2.75, 3.05) is 31.1 Å². The van der Waals surface area contributed by atoms with Crippen LogP contribution in [0.25, 0.3) is 0 Å². The average molecular weight is 487 g/mol. The zero-order valence-corrected chi connectivity index (χ0v) is 19.9. The molecule has 2 aliphatic rings. The summed E-state index contributed by atoms with van der Waals surface area (Å²) >= 11 is 10.3. The number of thiol groups is 1. The molecular weight excluding hydrogens is 460 g/mol. The summed E-state index contributed by atoms with van der Waals surface area (Å²) in [6.45, 7) is 2.44. The van der Waals surface area contributed by atoms with Crippen molar-refractivity contribution in [1.29, 1.82) is 5.41 Å². The zero-order valence-electron chi connectivity index (χ0n) is 18.2. The third-order valence-corrected chi connectivity index (χ3v) is 6.55. The molecule has 174 valence electrons. The van der Waals surface area contributed by atoms with Gasteiger partial charge in [0.1, 0.15) is 11.9 Å². The standard InChI is InChI=1S/C24H27ClN4O3S/c25-17-6-9-21(33)20(13-17)23(30)27-14-19-15-29(24(31)32-19)18-7-4-16(5-8-18)12-22(26)28-10-2-1-3-11-28/h4-9,13,19,26,33H,1-3,10-12,14-15H2,(H,27,30). The van der Waals surface area contributed by atoms with Gasteiger partial charge in [0.05, 0.1) is 18.7 Å². The first-order valence-electron chi connectivity index (χ1n) is 11.1. The second-order valence-electron chi connectivity index (χ2n) is 8.33. The lowest BCUT2D eigenvalue weighted by Gasteiger charge is -2.29. The van der Waals surface area contributed by atoms with Crippen molar-refractivity contribution in [1.82, 2.24) is 10.2 Å². The quantitative estimate of drug-likeness (QED) is 0.321. The smallest absolute Gasteiger partial charge is 0.414 e. The highest BCUT2D eigenvalue weighted by molar-refractivity contribution is 7.80. The third kappa shape index (κ3) is 5.81. The number of nitrogens with zero attached hydrogens (tertiary/aromatic N) is 2. The molecule has 0 saturated carbocycles. The van der Waals surface area contributed by atoms with Gasteiger partial charge in [-0.2, -0.15) is 0 Å². The summed E-state index contributed by atoms with van der Waals surface area (Å²) in [5.74, 6) is 0.320. The number of amidine groups is 1. The molecule has 9 heteroatoms. The van der Waals surface area contributed by atoms with E-state index in [1.807, 2.05) is 24.3 Å². The first-order chi connectivity index (χ1) is 15.9. The number of halogens is 1. The van der Waals surface area contributed by atoms with Crippen LogP contribution in [0.4, 0.5) is 10.5 Å². The van der Waals surface area contributed by atoms with E-state index in [-0.39, 0.29) is 12.5 Å². The maximum atomic E-state index is 12.5. The van der Waals surface area contributed by atoms with E-state index in [1.54, 1.807) is 23.1 Å². The Labute approximate surface area is 204 Å². The predicted octanol–water partition coefficient (Wildman–Crippen LogP) is 4.39. The second kappa shape index (κ2) is 10.5. The molecule has 2 aromatic carbocycles. The monoisotopic (exact) mass is 486 g/mol. The fourth-order valence-corrected chi connectivity index (χ4v) is 4.51. The molecule has 1 atom stereocenters. The Morgan fingerprint density at radius 3 is 2.61 bits per heavy atom. The Morgan fingerprint density at radius 1 is 1.15 bits per heavy atom. The third-order valence-electron chi connectivity index (χ3n) is 5.92. The molecule has 2 heterocycles. The minimum absolute atomic E-state index is 0.186. The molecule has 4 rings (SSSR count). The summed E-state index contributed by atoms with van der Waals surface area (Å²) in [4.78, 5) is 29.1. The summed E-state index contributed by atoms with van der Waals surface area (Å²) in [6, 6.07) is 12.5. The number of likely N-dealkylation sites (tertiary alicyclic amines) is 1. The van der Waals surface area contributed by atoms with E-state index in [0.717, 1.165) is 37.2 Å². The highest BCUT2D eigenvalue weighted by atomic mass is 35.5. The number of nitrogens with one attached hydrogen (secondary N) is 2. The number of anilines is 1. The average Bonchev–Trinajstić information content (AvgIpc) is 3.20. The Kier molecular flexibility index (Phi) is 7.45. The molecule has 7 nitrogen and oxygen atoms in total. The molecule has 0 spiro atoms. The first kappa shape index (κ1) is 23.4. The molecule has 2 fully saturated rings. The fraction of sp³-hybridized carbons (Fsp3) is 0.375. The molecule has 1 unspecified atom stereocenters. The SMILES string of the molecule is N=C(Cc1ccc(N2CC(CNC(=O)c3cc(Cl)ccc3S)OC2=O)cc1)N1CCCCC1. The lowest BCUT2D eigenvalue weighted by molar-refractivity contribution is 0.0913. The van der Waals surface area contributed by atoms with Gasteiger partial charge in [0, 0.05) is 35.1 Å². The number of cyclic esters (lactones) is 1. The molecule has 2 N–H and O–H groups in total. The summed E-state index contributed by atoms with van der Waals surface area (Å²) < 4.78 is 5.43. The first-order valence-corrected chi connectivity index (χ1v) is 11.9. The summed E-state index contributed by atoms with van der Waals surface area (Å²) in [6.07, 6.45) is 3.21. The maximum Gasteiger partial charge on any atom is 0.414 e. The topological polar surface area (TPSA) is 85.7 Å². The van der Waals surface area contributed by atoms with Crippen molar-refractivity contribution in [3.8, 4) is 0 Å². The number of ether oxygens (including phenoxy) is 1. The van der Waals surface area contributed by atoms with Crippen LogP contribution < -0.4 is 10.2 Å². The zero-order chi connectivity index (χ0) is 23.4. The van der Waals surface area contributed by atoms with E-state index in [2.05, 4.69) is 22.8 Å². The van der Waals surface area contributed by atoms with Gasteiger partial charge in [-0.3, -0.25) is 15.1 Å². The second-order valence-corrected chi connectivity index (χ2v) is 9.24. The van der Waals surface area contributed by atoms with Crippen molar-refractivity contribution in [2.45, 2.75) is 36.7 Å².